The fourth-order valence-electron chi connectivity index (χ4n) is 5.11. The standard InChI is InChI=1S/C19H25NO2/c1-13-12-20(16-10-15(11-16)18(21)22)9-8-19(13)7-6-14-4-2-3-5-17(14)19/h2-7,13-17H,8-12H2,1H3,(H,21,22)/t13-,14?,15?,16?,17?,19-/m0/s1. The Morgan fingerprint density at radius 2 is 2.00 bits per heavy atom. The first-order valence-electron chi connectivity index (χ1n) is 8.61. The van der Waals surface area contributed by atoms with Crippen molar-refractivity contribution >= 4 is 5.97 Å². The van der Waals surface area contributed by atoms with Crippen molar-refractivity contribution in [3.8, 4) is 0 Å². The lowest BCUT2D eigenvalue weighted by molar-refractivity contribution is -0.147. The minimum atomic E-state index is -0.613. The Hall–Kier alpha value is -1.35. The molecule has 3 aliphatic carbocycles. The number of carboxylic acid groups (broad SMARTS) is 1. The van der Waals surface area contributed by atoms with Gasteiger partial charge in [-0.3, -0.25) is 4.79 Å². The molecule has 1 saturated heterocycles. The smallest absolute Gasteiger partial charge is 0.306 e. The largest absolute Gasteiger partial charge is 0.481 e. The molecular formula is C19H25NO2. The van der Waals surface area contributed by atoms with Crippen LogP contribution in [0, 0.1) is 29.1 Å². The summed E-state index contributed by atoms with van der Waals surface area (Å²) in [6.07, 6.45) is 16.9. The first-order chi connectivity index (χ1) is 10.6. The third kappa shape index (κ3) is 2.02. The van der Waals surface area contributed by atoms with Gasteiger partial charge in [-0.1, -0.05) is 43.4 Å². The Kier molecular flexibility index (Phi) is 3.30. The van der Waals surface area contributed by atoms with E-state index in [0.29, 0.717) is 29.2 Å². The fourth-order valence-corrected chi connectivity index (χ4v) is 5.11. The van der Waals surface area contributed by atoms with Gasteiger partial charge in [0.15, 0.2) is 0 Å². The van der Waals surface area contributed by atoms with Crippen molar-refractivity contribution in [1.82, 2.24) is 4.90 Å². The summed E-state index contributed by atoms with van der Waals surface area (Å²) < 4.78 is 0. The highest BCUT2D eigenvalue weighted by Crippen LogP contribution is 2.54. The van der Waals surface area contributed by atoms with E-state index in [1.54, 1.807) is 0 Å². The summed E-state index contributed by atoms with van der Waals surface area (Å²) in [5, 5.41) is 9.06. The molecule has 0 aromatic heterocycles. The van der Waals surface area contributed by atoms with Gasteiger partial charge in [0.2, 0.25) is 0 Å². The van der Waals surface area contributed by atoms with E-state index in [1.807, 2.05) is 0 Å². The van der Waals surface area contributed by atoms with Crippen LogP contribution in [0.15, 0.2) is 36.5 Å². The summed E-state index contributed by atoms with van der Waals surface area (Å²) in [5.74, 6) is 1.13. The molecule has 0 aromatic carbocycles. The zero-order chi connectivity index (χ0) is 15.3. The minimum absolute atomic E-state index is 0.0987. The number of nitrogens with zero attached hydrogens (tertiary/aromatic N) is 1. The molecule has 1 heterocycles. The molecule has 3 nitrogen and oxygen atoms in total. The van der Waals surface area contributed by atoms with Crippen LogP contribution in [0.3, 0.4) is 0 Å². The molecule has 0 radical (unpaired) electrons. The van der Waals surface area contributed by atoms with Gasteiger partial charge in [-0.2, -0.15) is 0 Å². The molecule has 1 aliphatic heterocycles. The zero-order valence-corrected chi connectivity index (χ0v) is 13.2. The van der Waals surface area contributed by atoms with Crippen LogP contribution in [0.5, 0.6) is 0 Å². The summed E-state index contributed by atoms with van der Waals surface area (Å²) in [6.45, 7) is 4.62. The van der Waals surface area contributed by atoms with Crippen LogP contribution in [0.2, 0.25) is 0 Å². The fraction of sp³-hybridized carbons (Fsp3) is 0.632. The van der Waals surface area contributed by atoms with Gasteiger partial charge in [0.25, 0.3) is 0 Å². The number of carbonyl (C=O) groups is 1. The molecule has 2 unspecified atom stereocenters. The number of likely N-dealkylation sites (tertiary alicyclic amines) is 1. The van der Waals surface area contributed by atoms with Crippen molar-refractivity contribution in [2.24, 2.45) is 29.1 Å². The van der Waals surface area contributed by atoms with Crippen molar-refractivity contribution in [3.05, 3.63) is 36.5 Å². The number of allylic oxidation sites excluding steroid dienone is 6. The highest BCUT2D eigenvalue weighted by atomic mass is 16.4. The number of aliphatic carboxylic acids is 1. The molecular weight excluding hydrogens is 274 g/mol. The number of hydrogen-bond donors (Lipinski definition) is 1. The number of piperidine rings is 1. The normalized spacial score (nSPS) is 46.7. The molecule has 4 aliphatic rings. The highest BCUT2D eigenvalue weighted by Gasteiger charge is 2.50. The van der Waals surface area contributed by atoms with Crippen molar-refractivity contribution in [2.45, 2.75) is 32.2 Å². The van der Waals surface area contributed by atoms with E-state index in [2.05, 4.69) is 48.3 Å². The van der Waals surface area contributed by atoms with Crippen LogP contribution in [-0.2, 0) is 4.79 Å². The minimum Gasteiger partial charge on any atom is -0.481 e. The second-order valence-corrected chi connectivity index (χ2v) is 7.65. The second-order valence-electron chi connectivity index (χ2n) is 7.65. The predicted molar refractivity (Wildman–Crippen MR) is 86.3 cm³/mol. The van der Waals surface area contributed by atoms with Gasteiger partial charge < -0.3 is 10.0 Å². The van der Waals surface area contributed by atoms with Crippen LogP contribution >= 0.6 is 0 Å². The third-order valence-corrected chi connectivity index (χ3v) is 6.66. The summed E-state index contributed by atoms with van der Waals surface area (Å²) in [6, 6.07) is 0.504. The SMILES string of the molecule is C[C@H]1CN(C2CC(C(=O)O)C2)CC[C@@]12C=CC1C=CC=CC12. The Labute approximate surface area is 132 Å². The maximum absolute atomic E-state index is 11.0. The van der Waals surface area contributed by atoms with Crippen LogP contribution in [-0.4, -0.2) is 35.1 Å². The summed E-state index contributed by atoms with van der Waals surface area (Å²) in [7, 11) is 0. The van der Waals surface area contributed by atoms with Crippen molar-refractivity contribution in [2.75, 3.05) is 13.1 Å². The molecule has 0 amide bonds. The van der Waals surface area contributed by atoms with Gasteiger partial charge in [-0.25, -0.2) is 0 Å². The van der Waals surface area contributed by atoms with Crippen LogP contribution < -0.4 is 0 Å². The van der Waals surface area contributed by atoms with E-state index in [0.717, 1.165) is 25.9 Å². The molecule has 1 saturated carbocycles. The maximum atomic E-state index is 11.0. The molecule has 1 N–H and O–H groups in total. The van der Waals surface area contributed by atoms with E-state index >= 15 is 0 Å². The summed E-state index contributed by atoms with van der Waals surface area (Å²) in [4.78, 5) is 13.5. The number of hydrogen-bond acceptors (Lipinski definition) is 2. The monoisotopic (exact) mass is 299 g/mol. The molecule has 118 valence electrons. The molecule has 22 heavy (non-hydrogen) atoms. The van der Waals surface area contributed by atoms with E-state index < -0.39 is 5.97 Å². The lowest BCUT2D eigenvalue weighted by Gasteiger charge is -2.52. The first-order valence-corrected chi connectivity index (χ1v) is 8.61. The Balaban J connectivity index is 1.43. The molecule has 0 aromatic rings. The van der Waals surface area contributed by atoms with Crippen molar-refractivity contribution in [1.29, 1.82) is 0 Å². The van der Waals surface area contributed by atoms with Gasteiger partial charge in [-0.05, 0) is 37.6 Å². The van der Waals surface area contributed by atoms with E-state index in [9.17, 15) is 4.79 Å². The van der Waals surface area contributed by atoms with E-state index in [1.165, 1.54) is 6.42 Å². The van der Waals surface area contributed by atoms with E-state index in [4.69, 9.17) is 5.11 Å². The molecule has 4 atom stereocenters. The lowest BCUT2D eigenvalue weighted by Crippen LogP contribution is -2.55. The first kappa shape index (κ1) is 14.3. The topological polar surface area (TPSA) is 40.5 Å². The van der Waals surface area contributed by atoms with Gasteiger partial charge >= 0.3 is 5.97 Å². The van der Waals surface area contributed by atoms with Gasteiger partial charge in [0.1, 0.15) is 0 Å². The molecule has 3 heteroatoms. The third-order valence-electron chi connectivity index (χ3n) is 6.66. The zero-order valence-electron chi connectivity index (χ0n) is 13.2. The second kappa shape index (κ2) is 5.09. The summed E-state index contributed by atoms with van der Waals surface area (Å²) in [5.41, 5.74) is 0.318. The van der Waals surface area contributed by atoms with Gasteiger partial charge in [0.05, 0.1) is 5.92 Å². The highest BCUT2D eigenvalue weighted by molar-refractivity contribution is 5.71. The Morgan fingerprint density at radius 1 is 1.23 bits per heavy atom. The van der Waals surface area contributed by atoms with Crippen LogP contribution in [0.1, 0.15) is 26.2 Å². The van der Waals surface area contributed by atoms with Crippen molar-refractivity contribution < 1.29 is 9.90 Å². The van der Waals surface area contributed by atoms with Crippen LogP contribution in [0.25, 0.3) is 0 Å². The van der Waals surface area contributed by atoms with Crippen LogP contribution in [0.4, 0.5) is 0 Å². The number of carboxylic acids is 1. The average molecular weight is 299 g/mol. The quantitative estimate of drug-likeness (QED) is 0.797. The maximum Gasteiger partial charge on any atom is 0.306 e. The molecule has 1 spiro atoms. The Morgan fingerprint density at radius 3 is 2.73 bits per heavy atom. The lowest BCUT2D eigenvalue weighted by atomic mass is 9.62. The average Bonchev–Trinajstić information content (AvgIpc) is 2.81. The molecule has 4 rings (SSSR count). The summed E-state index contributed by atoms with van der Waals surface area (Å²) >= 11 is 0. The number of fused-ring (bicyclic) bond motifs is 2. The predicted octanol–water partition coefficient (Wildman–Crippen LogP) is 3.11. The van der Waals surface area contributed by atoms with E-state index in [-0.39, 0.29) is 5.92 Å². The molecule has 2 fully saturated rings. The Bertz CT molecular complexity index is 558. The van der Waals surface area contributed by atoms with Crippen molar-refractivity contribution in [3.63, 3.8) is 0 Å². The molecule has 0 bridgehead atoms. The van der Waals surface area contributed by atoms with Gasteiger partial charge in [-0.15, -0.1) is 0 Å². The van der Waals surface area contributed by atoms with Gasteiger partial charge in [0, 0.05) is 23.9 Å². The number of rotatable bonds is 2.